The van der Waals surface area contributed by atoms with Gasteiger partial charge in [0, 0.05) is 83.3 Å². The van der Waals surface area contributed by atoms with Crippen LogP contribution in [0.15, 0.2) is 119 Å². The van der Waals surface area contributed by atoms with Crippen molar-refractivity contribution in [2.45, 2.75) is 75.0 Å². The third-order valence-corrected chi connectivity index (χ3v) is 16.7. The number of halogens is 2. The van der Waals surface area contributed by atoms with Crippen LogP contribution in [0.5, 0.6) is 34.5 Å². The van der Waals surface area contributed by atoms with E-state index in [0.717, 1.165) is 130 Å². The second-order valence-electron chi connectivity index (χ2n) is 20.7. The van der Waals surface area contributed by atoms with Crippen LogP contribution >= 0.6 is 23.2 Å². The molecule has 0 atom stereocenters. The SMILES string of the molecule is COc1ccc(CCN(C)CCCOc2ccc(S(=O)c3ccc(OCCCN(C)CCc4ccc(OC)c(OC)c4)cc3-c3c(C(C)C)c4cc(Cl)ccc4n3C)c(-c3c(C(C)C)c4cc(Cl)ccc4n3C)c2)cc1OC. The van der Waals surface area contributed by atoms with E-state index >= 15 is 4.21 Å². The van der Waals surface area contributed by atoms with Crippen molar-refractivity contribution in [2.75, 3.05) is 81.9 Å². The number of aromatic nitrogens is 2. The van der Waals surface area contributed by atoms with E-state index in [1.807, 2.05) is 72.8 Å². The van der Waals surface area contributed by atoms with E-state index in [-0.39, 0.29) is 11.8 Å². The molecular formula is C64H76Cl2N4O7S. The van der Waals surface area contributed by atoms with E-state index in [4.69, 9.17) is 51.6 Å². The third kappa shape index (κ3) is 13.0. The molecule has 2 heterocycles. The maximum absolute atomic E-state index is 16.0. The lowest BCUT2D eigenvalue weighted by atomic mass is 9.96. The first-order valence-electron chi connectivity index (χ1n) is 26.9. The summed E-state index contributed by atoms with van der Waals surface area (Å²) >= 11 is 13.4. The number of ether oxygens (including phenoxy) is 6. The van der Waals surface area contributed by atoms with Gasteiger partial charge in [0.25, 0.3) is 0 Å². The van der Waals surface area contributed by atoms with Crippen LogP contribution in [0.25, 0.3) is 44.3 Å². The zero-order valence-corrected chi connectivity index (χ0v) is 49.8. The molecule has 78 heavy (non-hydrogen) atoms. The summed E-state index contributed by atoms with van der Waals surface area (Å²) in [4.78, 5) is 5.99. The standard InChI is InChI=1S/C64H76Cl2N4O7S/c1-41(2)61-49-37-45(65)17-21-53(49)69(7)63(61)51-39-47(76-33-13-29-67(5)31-27-43-15-23-55(72-9)57(35-43)74-11)19-25-59(51)78(71)60-26-20-48(40-52(60)64-62(42(3)4)50-38-46(66)18-22-54(50)70(64)8)77-34-14-30-68(6)32-28-44-16-24-56(73-10)58(36-44)75-12/h15-26,35-42H,13-14,27-34H2,1-12H3. The summed E-state index contributed by atoms with van der Waals surface area (Å²) in [5, 5.41) is 3.46. The van der Waals surface area contributed by atoms with Gasteiger partial charge in [0.15, 0.2) is 23.0 Å². The van der Waals surface area contributed by atoms with Gasteiger partial charge < -0.3 is 47.4 Å². The lowest BCUT2D eigenvalue weighted by Gasteiger charge is -2.20. The van der Waals surface area contributed by atoms with Crippen LogP contribution in [0.4, 0.5) is 0 Å². The monoisotopic (exact) mass is 1110 g/mol. The van der Waals surface area contributed by atoms with Crippen molar-refractivity contribution in [3.8, 4) is 57.0 Å². The number of likely N-dealkylation sites (N-methyl/N-ethyl adjacent to an activating group) is 2. The molecular weight excluding hydrogens is 1040 g/mol. The lowest BCUT2D eigenvalue weighted by molar-refractivity contribution is 0.264. The Labute approximate surface area is 474 Å². The Morgan fingerprint density at radius 2 is 0.897 bits per heavy atom. The van der Waals surface area contributed by atoms with Gasteiger partial charge in [0.05, 0.1) is 73.6 Å². The highest BCUT2D eigenvalue weighted by Crippen LogP contribution is 2.46. The van der Waals surface area contributed by atoms with E-state index in [2.05, 4.69) is 111 Å². The Morgan fingerprint density at radius 3 is 1.27 bits per heavy atom. The average molecular weight is 1120 g/mol. The Kier molecular flexibility index (Phi) is 19.5. The van der Waals surface area contributed by atoms with E-state index in [1.165, 1.54) is 11.1 Å². The van der Waals surface area contributed by atoms with Crippen molar-refractivity contribution >= 4 is 55.8 Å². The summed E-state index contributed by atoms with van der Waals surface area (Å²) < 4.78 is 55.6. The average Bonchev–Trinajstić information content (AvgIpc) is 4.07. The smallest absolute Gasteiger partial charge is 0.160 e. The molecule has 6 aromatic carbocycles. The fraction of sp³-hybridized carbons (Fsp3) is 0.375. The van der Waals surface area contributed by atoms with Gasteiger partial charge in [-0.2, -0.15) is 0 Å². The number of aryl methyl sites for hydroxylation is 2. The quantitative estimate of drug-likeness (QED) is 0.0492. The van der Waals surface area contributed by atoms with Gasteiger partial charge in [-0.25, -0.2) is 4.21 Å². The maximum Gasteiger partial charge on any atom is 0.160 e. The van der Waals surface area contributed by atoms with Crippen LogP contribution in [-0.4, -0.2) is 105 Å². The number of benzene rings is 6. The van der Waals surface area contributed by atoms with Gasteiger partial charge in [0.1, 0.15) is 11.5 Å². The van der Waals surface area contributed by atoms with E-state index in [0.29, 0.717) is 44.5 Å². The fourth-order valence-electron chi connectivity index (χ4n) is 10.7. The molecule has 0 saturated heterocycles. The number of methoxy groups -OCH3 is 4. The van der Waals surface area contributed by atoms with Gasteiger partial charge in [-0.15, -0.1) is 0 Å². The fourth-order valence-corrected chi connectivity index (χ4v) is 12.4. The molecule has 11 nitrogen and oxygen atoms in total. The van der Waals surface area contributed by atoms with Crippen molar-refractivity contribution in [3.05, 3.63) is 141 Å². The Hall–Kier alpha value is -6.15. The van der Waals surface area contributed by atoms with Crippen molar-refractivity contribution in [2.24, 2.45) is 14.1 Å². The summed E-state index contributed by atoms with van der Waals surface area (Å²) in [6.45, 7) is 13.3. The predicted octanol–water partition coefficient (Wildman–Crippen LogP) is 14.6. The number of hydrogen-bond acceptors (Lipinski definition) is 9. The van der Waals surface area contributed by atoms with E-state index in [9.17, 15) is 0 Å². The molecule has 0 aliphatic rings. The largest absolute Gasteiger partial charge is 0.494 e. The maximum atomic E-state index is 16.0. The molecule has 2 aromatic heterocycles. The second kappa shape index (κ2) is 26.2. The van der Waals surface area contributed by atoms with Crippen molar-refractivity contribution in [1.29, 1.82) is 0 Å². The molecule has 0 N–H and O–H groups in total. The topological polar surface area (TPSA) is 88.8 Å². The summed E-state index contributed by atoms with van der Waals surface area (Å²) in [5.41, 5.74) is 10.3. The van der Waals surface area contributed by atoms with Crippen molar-refractivity contribution < 1.29 is 32.6 Å². The van der Waals surface area contributed by atoms with Crippen molar-refractivity contribution in [1.82, 2.24) is 18.9 Å². The first-order chi connectivity index (χ1) is 37.5. The molecule has 0 saturated carbocycles. The van der Waals surface area contributed by atoms with E-state index in [1.54, 1.807) is 28.4 Å². The van der Waals surface area contributed by atoms with Crippen LogP contribution in [0, 0.1) is 0 Å². The number of rotatable bonds is 26. The van der Waals surface area contributed by atoms with E-state index < -0.39 is 10.8 Å². The van der Waals surface area contributed by atoms with Gasteiger partial charge in [-0.05, 0) is 171 Å². The van der Waals surface area contributed by atoms with Gasteiger partial charge in [-0.1, -0.05) is 63.0 Å². The van der Waals surface area contributed by atoms with Crippen LogP contribution in [0.2, 0.25) is 10.0 Å². The zero-order chi connectivity index (χ0) is 55.8. The molecule has 0 fully saturated rings. The lowest BCUT2D eigenvalue weighted by Crippen LogP contribution is -2.23. The number of hydrogen-bond donors (Lipinski definition) is 0. The van der Waals surface area contributed by atoms with Crippen LogP contribution in [0.1, 0.15) is 74.6 Å². The predicted molar refractivity (Wildman–Crippen MR) is 321 cm³/mol. The molecule has 0 aliphatic heterocycles. The Bertz CT molecular complexity index is 3180. The molecule has 0 bridgehead atoms. The second-order valence-corrected chi connectivity index (χ2v) is 23.0. The molecule has 0 unspecified atom stereocenters. The summed E-state index contributed by atoms with van der Waals surface area (Å²) in [7, 11) is 13.4. The first kappa shape index (κ1) is 58.0. The number of nitrogens with zero attached hydrogens (tertiary/aromatic N) is 4. The molecule has 0 amide bonds. The number of fused-ring (bicyclic) bond motifs is 2. The first-order valence-corrected chi connectivity index (χ1v) is 28.8. The highest BCUT2D eigenvalue weighted by atomic mass is 35.5. The zero-order valence-electron chi connectivity index (χ0n) is 47.4. The minimum absolute atomic E-state index is 0.114. The molecule has 0 radical (unpaired) electrons. The van der Waals surface area contributed by atoms with Crippen LogP contribution in [0.3, 0.4) is 0 Å². The van der Waals surface area contributed by atoms with Gasteiger partial charge in [0.2, 0.25) is 0 Å². The highest BCUT2D eigenvalue weighted by Gasteiger charge is 2.29. The third-order valence-electron chi connectivity index (χ3n) is 14.7. The highest BCUT2D eigenvalue weighted by molar-refractivity contribution is 7.85. The molecule has 0 spiro atoms. The molecule has 0 aliphatic carbocycles. The van der Waals surface area contributed by atoms with Crippen molar-refractivity contribution in [3.63, 3.8) is 0 Å². The Morgan fingerprint density at radius 1 is 0.500 bits per heavy atom. The summed E-state index contributed by atoms with van der Waals surface area (Å²) in [5.74, 6) is 4.56. The van der Waals surface area contributed by atoms with Gasteiger partial charge in [-0.3, -0.25) is 0 Å². The minimum Gasteiger partial charge on any atom is -0.494 e. The summed E-state index contributed by atoms with van der Waals surface area (Å²) in [6, 6.07) is 36.3. The molecule has 8 aromatic rings. The molecule has 8 rings (SSSR count). The van der Waals surface area contributed by atoms with Gasteiger partial charge >= 0.3 is 0 Å². The van der Waals surface area contributed by atoms with Crippen LogP contribution in [-0.2, 0) is 37.7 Å². The normalized spacial score (nSPS) is 11.8. The molecule has 414 valence electrons. The van der Waals surface area contributed by atoms with Crippen LogP contribution < -0.4 is 28.4 Å². The summed E-state index contributed by atoms with van der Waals surface area (Å²) in [6.07, 6.45) is 3.39. The Balaban J connectivity index is 1.11. The molecule has 14 heteroatoms. The minimum atomic E-state index is -1.70.